The van der Waals surface area contributed by atoms with Crippen LogP contribution >= 0.6 is 0 Å². The van der Waals surface area contributed by atoms with E-state index in [0.29, 0.717) is 11.1 Å². The van der Waals surface area contributed by atoms with Gasteiger partial charge in [0.05, 0.1) is 0 Å². The SMILES string of the molecule is CCCCCCN1CC2(CCCCC2)NCC1(C)C1CC1. The first kappa shape index (κ1) is 15.8. The number of unbranched alkanes of at least 4 members (excludes halogenated alkanes) is 3. The van der Waals surface area contributed by atoms with Crippen molar-refractivity contribution in [2.45, 2.75) is 95.6 Å². The molecule has 0 aromatic rings. The molecule has 0 aromatic heterocycles. The van der Waals surface area contributed by atoms with Crippen LogP contribution in [-0.2, 0) is 0 Å². The Morgan fingerprint density at radius 1 is 1.05 bits per heavy atom. The maximum atomic E-state index is 4.04. The van der Waals surface area contributed by atoms with Crippen LogP contribution in [0.4, 0.5) is 0 Å². The molecule has 122 valence electrons. The Morgan fingerprint density at radius 3 is 2.48 bits per heavy atom. The molecule has 0 bridgehead atoms. The van der Waals surface area contributed by atoms with Gasteiger partial charge in [-0.2, -0.15) is 0 Å². The molecule has 1 saturated heterocycles. The third-order valence-corrected chi connectivity index (χ3v) is 6.59. The van der Waals surface area contributed by atoms with Gasteiger partial charge >= 0.3 is 0 Å². The predicted octanol–water partition coefficient (Wildman–Crippen LogP) is 4.34. The predicted molar refractivity (Wildman–Crippen MR) is 90.7 cm³/mol. The minimum atomic E-state index is 0.453. The van der Waals surface area contributed by atoms with E-state index in [4.69, 9.17) is 0 Å². The number of rotatable bonds is 6. The van der Waals surface area contributed by atoms with Crippen LogP contribution in [0.1, 0.15) is 84.5 Å². The number of nitrogens with zero attached hydrogens (tertiary/aromatic N) is 1. The van der Waals surface area contributed by atoms with E-state index in [1.807, 2.05) is 0 Å². The van der Waals surface area contributed by atoms with Crippen molar-refractivity contribution < 1.29 is 0 Å². The zero-order valence-electron chi connectivity index (χ0n) is 14.4. The molecular weight excluding hydrogens is 256 g/mol. The molecule has 1 aliphatic heterocycles. The lowest BCUT2D eigenvalue weighted by atomic mass is 9.76. The fraction of sp³-hybridized carbons (Fsp3) is 1.00. The summed E-state index contributed by atoms with van der Waals surface area (Å²) in [6.07, 6.45) is 15.7. The minimum Gasteiger partial charge on any atom is -0.308 e. The molecule has 0 aromatic carbocycles. The van der Waals surface area contributed by atoms with Crippen molar-refractivity contribution >= 4 is 0 Å². The Balaban J connectivity index is 1.63. The van der Waals surface area contributed by atoms with Crippen LogP contribution in [0, 0.1) is 5.92 Å². The van der Waals surface area contributed by atoms with Gasteiger partial charge in [-0.05, 0) is 51.5 Å². The highest BCUT2D eigenvalue weighted by molar-refractivity contribution is 5.09. The molecular formula is C19H36N2. The molecule has 1 N–H and O–H groups in total. The van der Waals surface area contributed by atoms with Crippen molar-refractivity contribution in [2.24, 2.45) is 5.92 Å². The van der Waals surface area contributed by atoms with E-state index in [0.717, 1.165) is 5.92 Å². The summed E-state index contributed by atoms with van der Waals surface area (Å²) in [6.45, 7) is 8.78. The van der Waals surface area contributed by atoms with Crippen LogP contribution in [0.5, 0.6) is 0 Å². The Hall–Kier alpha value is -0.0800. The van der Waals surface area contributed by atoms with Gasteiger partial charge in [-0.25, -0.2) is 0 Å². The summed E-state index contributed by atoms with van der Waals surface area (Å²) in [5, 5.41) is 4.04. The molecule has 0 amide bonds. The van der Waals surface area contributed by atoms with E-state index in [1.165, 1.54) is 90.3 Å². The van der Waals surface area contributed by atoms with E-state index in [1.54, 1.807) is 0 Å². The Labute approximate surface area is 132 Å². The summed E-state index contributed by atoms with van der Waals surface area (Å²) in [6, 6.07) is 0. The second kappa shape index (κ2) is 6.58. The summed E-state index contributed by atoms with van der Waals surface area (Å²) >= 11 is 0. The molecule has 21 heavy (non-hydrogen) atoms. The maximum Gasteiger partial charge on any atom is 0.0334 e. The number of hydrogen-bond acceptors (Lipinski definition) is 2. The Bertz CT molecular complexity index is 330. The van der Waals surface area contributed by atoms with Crippen molar-refractivity contribution in [1.82, 2.24) is 10.2 Å². The first-order valence-corrected chi connectivity index (χ1v) is 9.69. The van der Waals surface area contributed by atoms with Crippen LogP contribution in [0.2, 0.25) is 0 Å². The average molecular weight is 293 g/mol. The normalized spacial score (nSPS) is 33.4. The van der Waals surface area contributed by atoms with Gasteiger partial charge in [0, 0.05) is 24.2 Å². The molecule has 3 rings (SSSR count). The molecule has 1 unspecified atom stereocenters. The smallest absolute Gasteiger partial charge is 0.0334 e. The molecule has 3 fully saturated rings. The van der Waals surface area contributed by atoms with Crippen molar-refractivity contribution in [3.63, 3.8) is 0 Å². The second-order valence-electron chi connectivity index (χ2n) is 8.31. The quantitative estimate of drug-likeness (QED) is 0.732. The van der Waals surface area contributed by atoms with Crippen molar-refractivity contribution in [2.75, 3.05) is 19.6 Å². The molecule has 2 heteroatoms. The first-order chi connectivity index (χ1) is 10.2. The van der Waals surface area contributed by atoms with E-state index >= 15 is 0 Å². The largest absolute Gasteiger partial charge is 0.308 e. The number of hydrogen-bond donors (Lipinski definition) is 1. The lowest BCUT2D eigenvalue weighted by molar-refractivity contribution is -0.0127. The van der Waals surface area contributed by atoms with Gasteiger partial charge in [-0.15, -0.1) is 0 Å². The number of piperazine rings is 1. The Morgan fingerprint density at radius 2 is 1.81 bits per heavy atom. The van der Waals surface area contributed by atoms with Gasteiger partial charge in [0.15, 0.2) is 0 Å². The van der Waals surface area contributed by atoms with Crippen molar-refractivity contribution in [3.05, 3.63) is 0 Å². The zero-order valence-corrected chi connectivity index (χ0v) is 14.4. The Kier molecular flexibility index (Phi) is 4.95. The molecule has 1 spiro atoms. The van der Waals surface area contributed by atoms with Crippen LogP contribution in [0.25, 0.3) is 0 Å². The standard InChI is InChI=1S/C19H36N2/c1-3-4-5-9-14-21-16-19(12-7-6-8-13-19)20-15-18(21,2)17-10-11-17/h17,20H,3-16H2,1-2H3. The number of nitrogens with one attached hydrogen (secondary N) is 1. The van der Waals surface area contributed by atoms with Gasteiger partial charge in [-0.3, -0.25) is 4.90 Å². The van der Waals surface area contributed by atoms with Crippen LogP contribution in [-0.4, -0.2) is 35.6 Å². The summed E-state index contributed by atoms with van der Waals surface area (Å²) in [5.74, 6) is 0.970. The fourth-order valence-electron chi connectivity index (χ4n) is 4.82. The second-order valence-corrected chi connectivity index (χ2v) is 8.31. The third kappa shape index (κ3) is 3.47. The maximum absolute atomic E-state index is 4.04. The molecule has 2 nitrogen and oxygen atoms in total. The van der Waals surface area contributed by atoms with Crippen LogP contribution in [0.15, 0.2) is 0 Å². The van der Waals surface area contributed by atoms with Crippen LogP contribution in [0.3, 0.4) is 0 Å². The van der Waals surface area contributed by atoms with E-state index in [2.05, 4.69) is 24.1 Å². The molecule has 3 aliphatic rings. The fourth-order valence-corrected chi connectivity index (χ4v) is 4.82. The molecule has 2 aliphatic carbocycles. The lowest BCUT2D eigenvalue weighted by Crippen LogP contribution is -2.70. The van der Waals surface area contributed by atoms with Gasteiger partial charge < -0.3 is 5.32 Å². The summed E-state index contributed by atoms with van der Waals surface area (Å²) in [4.78, 5) is 2.92. The summed E-state index contributed by atoms with van der Waals surface area (Å²) < 4.78 is 0. The van der Waals surface area contributed by atoms with Gasteiger partial charge in [0.2, 0.25) is 0 Å². The van der Waals surface area contributed by atoms with Crippen molar-refractivity contribution in [1.29, 1.82) is 0 Å². The van der Waals surface area contributed by atoms with Crippen molar-refractivity contribution in [3.8, 4) is 0 Å². The monoisotopic (exact) mass is 292 g/mol. The minimum absolute atomic E-state index is 0.453. The van der Waals surface area contributed by atoms with Crippen LogP contribution < -0.4 is 5.32 Å². The lowest BCUT2D eigenvalue weighted by Gasteiger charge is -2.55. The topological polar surface area (TPSA) is 15.3 Å². The molecule has 0 radical (unpaired) electrons. The summed E-state index contributed by atoms with van der Waals surface area (Å²) in [7, 11) is 0. The van der Waals surface area contributed by atoms with E-state index in [9.17, 15) is 0 Å². The van der Waals surface area contributed by atoms with Gasteiger partial charge in [-0.1, -0.05) is 45.4 Å². The van der Waals surface area contributed by atoms with Gasteiger partial charge in [0.1, 0.15) is 0 Å². The summed E-state index contributed by atoms with van der Waals surface area (Å²) in [5.41, 5.74) is 0.923. The molecule has 2 saturated carbocycles. The zero-order chi connectivity index (χ0) is 14.8. The molecule has 1 heterocycles. The average Bonchev–Trinajstić information content (AvgIpc) is 3.34. The van der Waals surface area contributed by atoms with E-state index in [-0.39, 0.29) is 0 Å². The highest BCUT2D eigenvalue weighted by Crippen LogP contribution is 2.46. The molecule has 1 atom stereocenters. The highest BCUT2D eigenvalue weighted by atomic mass is 15.3. The highest BCUT2D eigenvalue weighted by Gasteiger charge is 2.51. The third-order valence-electron chi connectivity index (χ3n) is 6.59. The van der Waals surface area contributed by atoms with Gasteiger partial charge in [0.25, 0.3) is 0 Å². The van der Waals surface area contributed by atoms with E-state index < -0.39 is 0 Å². The first-order valence-electron chi connectivity index (χ1n) is 9.69.